The summed E-state index contributed by atoms with van der Waals surface area (Å²) in [7, 11) is 0. The molecule has 0 unspecified atom stereocenters. The standard InChI is InChI=1S/C57H102O6/c1-4-7-10-13-16-19-22-24-26-27-28-29-31-32-35-38-41-44-47-50-56(59)62-53-54(52-61-55(58)49-46-43-40-37-34-21-18-15-12-9-6-3)63-57(60)51-48-45-42-39-36-33-30-25-23-20-17-14-11-8-5-2/h8,11,17,20,25,30,36,39,54H,4-7,9-10,12-16,18-19,21-24,26-29,31-35,37-38,40-53H2,1-3H3/b11-8-,20-17-,30-25-,39-36-/t54-/m1/s1. The minimum atomic E-state index is -0.790. The van der Waals surface area contributed by atoms with Crippen molar-refractivity contribution in [1.29, 1.82) is 0 Å². The Hall–Kier alpha value is -2.63. The van der Waals surface area contributed by atoms with E-state index in [4.69, 9.17) is 14.2 Å². The van der Waals surface area contributed by atoms with Gasteiger partial charge in [0.2, 0.25) is 0 Å². The van der Waals surface area contributed by atoms with Gasteiger partial charge in [0, 0.05) is 19.3 Å². The van der Waals surface area contributed by atoms with Crippen molar-refractivity contribution in [3.63, 3.8) is 0 Å². The molecule has 0 aromatic rings. The number of hydrogen-bond acceptors (Lipinski definition) is 6. The minimum absolute atomic E-state index is 0.0859. The molecule has 0 radical (unpaired) electrons. The van der Waals surface area contributed by atoms with E-state index in [9.17, 15) is 14.4 Å². The van der Waals surface area contributed by atoms with Crippen molar-refractivity contribution < 1.29 is 28.6 Å². The van der Waals surface area contributed by atoms with Crippen LogP contribution in [-0.2, 0) is 28.6 Å². The lowest BCUT2D eigenvalue weighted by molar-refractivity contribution is -0.167. The van der Waals surface area contributed by atoms with Gasteiger partial charge in [-0.15, -0.1) is 0 Å². The van der Waals surface area contributed by atoms with Gasteiger partial charge in [-0.25, -0.2) is 0 Å². The van der Waals surface area contributed by atoms with Crippen molar-refractivity contribution in [3.8, 4) is 0 Å². The fourth-order valence-electron chi connectivity index (χ4n) is 7.79. The maximum absolute atomic E-state index is 12.8. The molecule has 6 nitrogen and oxygen atoms in total. The summed E-state index contributed by atoms with van der Waals surface area (Å²) in [5.74, 6) is -0.917. The van der Waals surface area contributed by atoms with Crippen molar-refractivity contribution in [1.82, 2.24) is 0 Å². The lowest BCUT2D eigenvalue weighted by Gasteiger charge is -2.18. The molecular weight excluding hydrogens is 781 g/mol. The van der Waals surface area contributed by atoms with Crippen LogP contribution in [0.4, 0.5) is 0 Å². The van der Waals surface area contributed by atoms with E-state index in [1.807, 2.05) is 0 Å². The van der Waals surface area contributed by atoms with Crippen LogP contribution in [0.15, 0.2) is 48.6 Å². The first-order valence-electron chi connectivity index (χ1n) is 27.1. The highest BCUT2D eigenvalue weighted by atomic mass is 16.6. The number of carbonyl (C=O) groups is 3. The Labute approximate surface area is 390 Å². The second-order valence-corrected chi connectivity index (χ2v) is 18.1. The number of esters is 3. The molecule has 0 fully saturated rings. The van der Waals surface area contributed by atoms with Crippen LogP contribution < -0.4 is 0 Å². The van der Waals surface area contributed by atoms with Gasteiger partial charge < -0.3 is 14.2 Å². The van der Waals surface area contributed by atoms with Crippen LogP contribution in [0.1, 0.15) is 278 Å². The van der Waals surface area contributed by atoms with Crippen LogP contribution in [0.25, 0.3) is 0 Å². The number of ether oxygens (including phenoxy) is 3. The Morgan fingerprint density at radius 3 is 0.968 bits per heavy atom. The maximum Gasteiger partial charge on any atom is 0.306 e. The minimum Gasteiger partial charge on any atom is -0.462 e. The van der Waals surface area contributed by atoms with Crippen LogP contribution in [-0.4, -0.2) is 37.2 Å². The highest BCUT2D eigenvalue weighted by molar-refractivity contribution is 5.71. The lowest BCUT2D eigenvalue weighted by atomic mass is 10.0. The van der Waals surface area contributed by atoms with E-state index in [1.54, 1.807) is 0 Å². The summed E-state index contributed by atoms with van der Waals surface area (Å²) in [4.78, 5) is 38.0. The quantitative estimate of drug-likeness (QED) is 0.0262. The van der Waals surface area contributed by atoms with E-state index in [2.05, 4.69) is 69.4 Å². The highest BCUT2D eigenvalue weighted by Gasteiger charge is 2.19. The molecule has 1 atom stereocenters. The van der Waals surface area contributed by atoms with Gasteiger partial charge in [0.15, 0.2) is 6.10 Å². The van der Waals surface area contributed by atoms with Gasteiger partial charge in [-0.2, -0.15) is 0 Å². The molecule has 0 aromatic carbocycles. The zero-order valence-electron chi connectivity index (χ0n) is 41.8. The van der Waals surface area contributed by atoms with E-state index in [-0.39, 0.29) is 37.5 Å². The Morgan fingerprint density at radius 1 is 0.333 bits per heavy atom. The zero-order chi connectivity index (χ0) is 45.8. The van der Waals surface area contributed by atoms with Gasteiger partial charge in [-0.3, -0.25) is 14.4 Å². The molecule has 0 spiro atoms. The predicted octanol–water partition coefficient (Wildman–Crippen LogP) is 17.9. The first-order chi connectivity index (χ1) is 31.0. The lowest BCUT2D eigenvalue weighted by Crippen LogP contribution is -2.30. The Kier molecular flexibility index (Phi) is 49.8. The molecule has 0 saturated heterocycles. The smallest absolute Gasteiger partial charge is 0.306 e. The molecule has 63 heavy (non-hydrogen) atoms. The summed E-state index contributed by atoms with van der Waals surface area (Å²) in [6, 6.07) is 0. The van der Waals surface area contributed by atoms with Crippen LogP contribution in [0.2, 0.25) is 0 Å². The van der Waals surface area contributed by atoms with E-state index in [0.717, 1.165) is 77.0 Å². The fraction of sp³-hybridized carbons (Fsp3) is 0.807. The first kappa shape index (κ1) is 60.4. The van der Waals surface area contributed by atoms with Crippen LogP contribution in [0, 0.1) is 0 Å². The molecule has 0 heterocycles. The summed E-state index contributed by atoms with van der Waals surface area (Å²) in [5.41, 5.74) is 0. The number of allylic oxidation sites excluding steroid dienone is 8. The Balaban J connectivity index is 4.35. The first-order valence-corrected chi connectivity index (χ1v) is 27.1. The largest absolute Gasteiger partial charge is 0.462 e. The summed E-state index contributed by atoms with van der Waals surface area (Å²) in [5, 5.41) is 0. The van der Waals surface area contributed by atoms with E-state index >= 15 is 0 Å². The third kappa shape index (κ3) is 50.2. The molecule has 0 amide bonds. The molecule has 0 aliphatic rings. The van der Waals surface area contributed by atoms with E-state index < -0.39 is 6.10 Å². The van der Waals surface area contributed by atoms with E-state index in [0.29, 0.717) is 19.3 Å². The van der Waals surface area contributed by atoms with Crippen LogP contribution in [0.5, 0.6) is 0 Å². The average molecular weight is 883 g/mol. The highest BCUT2D eigenvalue weighted by Crippen LogP contribution is 2.16. The average Bonchev–Trinajstić information content (AvgIpc) is 3.28. The van der Waals surface area contributed by atoms with Crippen molar-refractivity contribution in [2.45, 2.75) is 284 Å². The second-order valence-electron chi connectivity index (χ2n) is 18.1. The molecule has 0 aliphatic carbocycles. The maximum atomic E-state index is 12.8. The predicted molar refractivity (Wildman–Crippen MR) is 270 cm³/mol. The molecule has 0 aromatic heterocycles. The summed E-state index contributed by atoms with van der Waals surface area (Å²) in [6.07, 6.45) is 62.5. The molecule has 0 saturated carbocycles. The SMILES string of the molecule is CC/C=C\C/C=C\C/C=C\C/C=C\CCCCC(=O)O[C@H](COC(=O)CCCCCCCCCCCCC)COC(=O)CCCCCCCCCCCCCCCCCCCCC. The number of rotatable bonds is 49. The molecule has 0 rings (SSSR count). The summed E-state index contributed by atoms with van der Waals surface area (Å²) in [6.45, 7) is 6.51. The van der Waals surface area contributed by atoms with Gasteiger partial charge in [0.05, 0.1) is 0 Å². The third-order valence-electron chi connectivity index (χ3n) is 11.8. The normalized spacial score (nSPS) is 12.4. The monoisotopic (exact) mass is 883 g/mol. The Bertz CT molecular complexity index is 1110. The van der Waals surface area contributed by atoms with Crippen LogP contribution >= 0.6 is 0 Å². The van der Waals surface area contributed by atoms with Crippen LogP contribution in [0.3, 0.4) is 0 Å². The fourth-order valence-corrected chi connectivity index (χ4v) is 7.79. The van der Waals surface area contributed by atoms with Gasteiger partial charge in [-0.05, 0) is 57.8 Å². The molecule has 0 aliphatic heterocycles. The van der Waals surface area contributed by atoms with Gasteiger partial charge in [-0.1, -0.05) is 249 Å². The van der Waals surface area contributed by atoms with Gasteiger partial charge in [0.1, 0.15) is 13.2 Å². The molecule has 6 heteroatoms. The van der Waals surface area contributed by atoms with Gasteiger partial charge in [0.25, 0.3) is 0 Å². The molecule has 0 N–H and O–H groups in total. The second kappa shape index (κ2) is 52.0. The number of hydrogen-bond donors (Lipinski definition) is 0. The van der Waals surface area contributed by atoms with Crippen molar-refractivity contribution >= 4 is 17.9 Å². The summed E-state index contributed by atoms with van der Waals surface area (Å²) >= 11 is 0. The van der Waals surface area contributed by atoms with Crippen molar-refractivity contribution in [3.05, 3.63) is 48.6 Å². The molecule has 0 bridgehead atoms. The molecular formula is C57H102O6. The number of unbranched alkanes of at least 4 members (excludes halogenated alkanes) is 30. The van der Waals surface area contributed by atoms with Gasteiger partial charge >= 0.3 is 17.9 Å². The number of carbonyl (C=O) groups excluding carboxylic acids is 3. The van der Waals surface area contributed by atoms with E-state index in [1.165, 1.54) is 154 Å². The van der Waals surface area contributed by atoms with Crippen molar-refractivity contribution in [2.75, 3.05) is 13.2 Å². The summed E-state index contributed by atoms with van der Waals surface area (Å²) < 4.78 is 16.8. The molecule has 366 valence electrons. The zero-order valence-corrected chi connectivity index (χ0v) is 41.8. The Morgan fingerprint density at radius 2 is 0.619 bits per heavy atom. The van der Waals surface area contributed by atoms with Crippen molar-refractivity contribution in [2.24, 2.45) is 0 Å². The topological polar surface area (TPSA) is 78.9 Å². The third-order valence-corrected chi connectivity index (χ3v) is 11.8.